The second kappa shape index (κ2) is 11.2. The first-order valence-corrected chi connectivity index (χ1v) is 11.0. The van der Waals surface area contributed by atoms with Crippen molar-refractivity contribution in [1.29, 1.82) is 0 Å². The molecule has 2 fully saturated rings. The molecular formula is C22H33F2N5O. The Morgan fingerprint density at radius 1 is 1.03 bits per heavy atom. The average Bonchev–Trinajstić information content (AvgIpc) is 2.76. The summed E-state index contributed by atoms with van der Waals surface area (Å²) in [5.74, 6) is -0.0426. The van der Waals surface area contributed by atoms with E-state index in [4.69, 9.17) is 0 Å². The lowest BCUT2D eigenvalue weighted by atomic mass is 10.1. The van der Waals surface area contributed by atoms with Crippen molar-refractivity contribution in [1.82, 2.24) is 20.0 Å². The molecule has 6 nitrogen and oxygen atoms in total. The number of hydrogen-bond acceptors (Lipinski definition) is 3. The predicted molar refractivity (Wildman–Crippen MR) is 114 cm³/mol. The quantitative estimate of drug-likeness (QED) is 0.565. The molecule has 1 aromatic carbocycles. The van der Waals surface area contributed by atoms with Crippen LogP contribution in [-0.4, -0.2) is 85.5 Å². The highest BCUT2D eigenvalue weighted by Gasteiger charge is 2.24. The van der Waals surface area contributed by atoms with E-state index >= 15 is 0 Å². The Morgan fingerprint density at radius 2 is 1.77 bits per heavy atom. The average molecular weight is 422 g/mol. The van der Waals surface area contributed by atoms with Crippen molar-refractivity contribution in [3.63, 3.8) is 0 Å². The van der Waals surface area contributed by atoms with Crippen LogP contribution < -0.4 is 5.32 Å². The Morgan fingerprint density at radius 3 is 2.43 bits per heavy atom. The minimum Gasteiger partial charge on any atom is -0.357 e. The van der Waals surface area contributed by atoms with E-state index < -0.39 is 11.6 Å². The molecule has 0 bridgehead atoms. The second-order valence-corrected chi connectivity index (χ2v) is 7.93. The maximum atomic E-state index is 13.8. The van der Waals surface area contributed by atoms with Gasteiger partial charge in [0.05, 0.1) is 6.54 Å². The van der Waals surface area contributed by atoms with E-state index in [-0.39, 0.29) is 5.91 Å². The van der Waals surface area contributed by atoms with Crippen LogP contribution in [0.2, 0.25) is 0 Å². The lowest BCUT2D eigenvalue weighted by Crippen LogP contribution is -2.54. The van der Waals surface area contributed by atoms with E-state index in [1.807, 2.05) is 11.8 Å². The van der Waals surface area contributed by atoms with Crippen LogP contribution in [0.1, 0.15) is 31.7 Å². The fourth-order valence-electron chi connectivity index (χ4n) is 3.98. The van der Waals surface area contributed by atoms with Crippen molar-refractivity contribution in [3.05, 3.63) is 35.4 Å². The number of benzene rings is 1. The van der Waals surface area contributed by atoms with Crippen LogP contribution in [0.5, 0.6) is 0 Å². The molecule has 2 aliphatic rings. The Bertz CT molecular complexity index is 728. The van der Waals surface area contributed by atoms with Crippen LogP contribution in [0, 0.1) is 11.6 Å². The molecule has 1 aromatic rings. The van der Waals surface area contributed by atoms with E-state index in [9.17, 15) is 13.6 Å². The molecule has 0 saturated carbocycles. The number of halogens is 2. The van der Waals surface area contributed by atoms with Crippen molar-refractivity contribution >= 4 is 11.9 Å². The molecule has 2 saturated heterocycles. The number of amides is 1. The lowest BCUT2D eigenvalue weighted by Gasteiger charge is -2.37. The van der Waals surface area contributed by atoms with Crippen molar-refractivity contribution < 1.29 is 13.6 Å². The van der Waals surface area contributed by atoms with Gasteiger partial charge in [-0.1, -0.05) is 6.07 Å². The number of piperidine rings is 1. The number of hydrogen-bond donors (Lipinski definition) is 1. The number of likely N-dealkylation sites (tertiary alicyclic amines) is 1. The van der Waals surface area contributed by atoms with Crippen molar-refractivity contribution in [2.45, 2.75) is 32.6 Å². The van der Waals surface area contributed by atoms with Gasteiger partial charge >= 0.3 is 0 Å². The zero-order chi connectivity index (χ0) is 21.3. The molecule has 1 amide bonds. The standard InChI is InChI=1S/C22H33F2N5O/c1-2-25-22(26-9-8-18-6-7-19(23)16-20(18)24)29-14-12-27(13-15-29)17-21(30)28-10-4-3-5-11-28/h6-7,16H,2-5,8-15,17H2,1H3,(H,25,26). The van der Waals surface area contributed by atoms with Gasteiger partial charge in [-0.3, -0.25) is 14.7 Å². The smallest absolute Gasteiger partial charge is 0.236 e. The molecule has 8 heteroatoms. The van der Waals surface area contributed by atoms with Gasteiger partial charge in [-0.15, -0.1) is 0 Å². The first-order chi connectivity index (χ1) is 14.6. The third kappa shape index (κ3) is 6.39. The van der Waals surface area contributed by atoms with Crippen LogP contribution in [0.15, 0.2) is 23.2 Å². The van der Waals surface area contributed by atoms with Gasteiger partial charge in [0.2, 0.25) is 5.91 Å². The van der Waals surface area contributed by atoms with Crippen LogP contribution in [0.25, 0.3) is 0 Å². The van der Waals surface area contributed by atoms with E-state index in [0.717, 1.165) is 70.7 Å². The first-order valence-electron chi connectivity index (χ1n) is 11.0. The van der Waals surface area contributed by atoms with Gasteiger partial charge in [0.15, 0.2) is 5.96 Å². The number of rotatable bonds is 6. The van der Waals surface area contributed by atoms with E-state index in [1.54, 1.807) is 0 Å². The number of carbonyl (C=O) groups excluding carboxylic acids is 1. The molecule has 0 unspecified atom stereocenters. The number of guanidine groups is 1. The van der Waals surface area contributed by atoms with Gasteiger partial charge < -0.3 is 15.1 Å². The van der Waals surface area contributed by atoms with E-state index in [1.165, 1.54) is 18.6 Å². The Balaban J connectivity index is 1.48. The Labute approximate surface area is 177 Å². The highest BCUT2D eigenvalue weighted by atomic mass is 19.1. The third-order valence-electron chi connectivity index (χ3n) is 5.73. The molecule has 166 valence electrons. The summed E-state index contributed by atoms with van der Waals surface area (Å²) in [5.41, 5.74) is 0.469. The molecule has 1 N–H and O–H groups in total. The lowest BCUT2D eigenvalue weighted by molar-refractivity contribution is -0.133. The van der Waals surface area contributed by atoms with Gasteiger partial charge in [0.1, 0.15) is 11.6 Å². The van der Waals surface area contributed by atoms with Crippen LogP contribution in [0.4, 0.5) is 8.78 Å². The Kier molecular flexibility index (Phi) is 8.42. The van der Waals surface area contributed by atoms with Crippen molar-refractivity contribution in [3.8, 4) is 0 Å². The summed E-state index contributed by atoms with van der Waals surface area (Å²) in [4.78, 5) is 23.5. The zero-order valence-electron chi connectivity index (χ0n) is 17.9. The topological polar surface area (TPSA) is 51.2 Å². The molecule has 0 aromatic heterocycles. The molecule has 2 aliphatic heterocycles. The highest BCUT2D eigenvalue weighted by Crippen LogP contribution is 2.12. The van der Waals surface area contributed by atoms with E-state index in [2.05, 4.69) is 20.1 Å². The molecule has 0 atom stereocenters. The minimum absolute atomic E-state index is 0.241. The number of nitrogens with zero attached hydrogens (tertiary/aromatic N) is 4. The number of piperazine rings is 1. The summed E-state index contributed by atoms with van der Waals surface area (Å²) < 4.78 is 26.9. The SMILES string of the molecule is CCNC(=NCCc1ccc(F)cc1F)N1CCN(CC(=O)N2CCCCC2)CC1. The summed E-state index contributed by atoms with van der Waals surface area (Å²) in [6.07, 6.45) is 3.88. The summed E-state index contributed by atoms with van der Waals surface area (Å²) in [6.45, 7) is 8.70. The van der Waals surface area contributed by atoms with Crippen molar-refractivity contribution in [2.75, 3.05) is 58.9 Å². The summed E-state index contributed by atoms with van der Waals surface area (Å²) in [7, 11) is 0. The van der Waals surface area contributed by atoms with Gasteiger partial charge in [-0.25, -0.2) is 8.78 Å². The van der Waals surface area contributed by atoms with Crippen molar-refractivity contribution in [2.24, 2.45) is 4.99 Å². The second-order valence-electron chi connectivity index (χ2n) is 7.93. The molecule has 3 rings (SSSR count). The van der Waals surface area contributed by atoms with Crippen LogP contribution in [0.3, 0.4) is 0 Å². The third-order valence-corrected chi connectivity index (χ3v) is 5.73. The van der Waals surface area contributed by atoms with Gasteiger partial charge in [-0.2, -0.15) is 0 Å². The van der Waals surface area contributed by atoms with Crippen LogP contribution in [-0.2, 0) is 11.2 Å². The largest absolute Gasteiger partial charge is 0.357 e. The summed E-state index contributed by atoms with van der Waals surface area (Å²) in [6, 6.07) is 3.66. The number of aliphatic imine (C=N–C) groups is 1. The number of carbonyl (C=O) groups is 1. The fraction of sp³-hybridized carbons (Fsp3) is 0.636. The highest BCUT2D eigenvalue weighted by molar-refractivity contribution is 5.80. The predicted octanol–water partition coefficient (Wildman–Crippen LogP) is 2.10. The van der Waals surface area contributed by atoms with Crippen LogP contribution >= 0.6 is 0 Å². The van der Waals surface area contributed by atoms with Gasteiger partial charge in [0.25, 0.3) is 0 Å². The number of nitrogens with one attached hydrogen (secondary N) is 1. The molecule has 0 spiro atoms. The summed E-state index contributed by atoms with van der Waals surface area (Å²) >= 11 is 0. The maximum absolute atomic E-state index is 13.8. The fourth-order valence-corrected chi connectivity index (χ4v) is 3.98. The minimum atomic E-state index is -0.565. The summed E-state index contributed by atoms with van der Waals surface area (Å²) in [5, 5.41) is 3.30. The Hall–Kier alpha value is -2.22. The first kappa shape index (κ1) is 22.5. The zero-order valence-corrected chi connectivity index (χ0v) is 17.9. The molecule has 2 heterocycles. The molecule has 0 radical (unpaired) electrons. The monoisotopic (exact) mass is 421 g/mol. The van der Waals surface area contributed by atoms with Gasteiger partial charge in [-0.05, 0) is 44.2 Å². The van der Waals surface area contributed by atoms with Gasteiger partial charge in [0, 0.05) is 58.4 Å². The molecule has 30 heavy (non-hydrogen) atoms. The molecular weight excluding hydrogens is 388 g/mol. The van der Waals surface area contributed by atoms with E-state index in [0.29, 0.717) is 25.1 Å². The normalized spacial score (nSPS) is 18.6. The maximum Gasteiger partial charge on any atom is 0.236 e. The molecule has 0 aliphatic carbocycles.